The van der Waals surface area contributed by atoms with Crippen LogP contribution in [0.25, 0.3) is 0 Å². The maximum atomic E-state index is 13.3. The molecule has 4 rings (SSSR count). The van der Waals surface area contributed by atoms with E-state index in [1.54, 1.807) is 6.07 Å². The number of aryl methyl sites for hydroxylation is 2. The van der Waals surface area contributed by atoms with Crippen LogP contribution in [-0.4, -0.2) is 20.9 Å². The Labute approximate surface area is 179 Å². The Bertz CT molecular complexity index is 1090. The summed E-state index contributed by atoms with van der Waals surface area (Å²) in [7, 11) is -3.74. The molecule has 30 heavy (non-hydrogen) atoms. The monoisotopic (exact) mass is 426 g/mol. The first kappa shape index (κ1) is 20.9. The molecule has 0 spiro atoms. The number of hydrogen-bond donors (Lipinski definition) is 1. The van der Waals surface area contributed by atoms with Gasteiger partial charge in [-0.05, 0) is 86.9 Å². The van der Waals surface area contributed by atoms with Gasteiger partial charge < -0.3 is 4.90 Å². The van der Waals surface area contributed by atoms with Crippen molar-refractivity contribution in [2.24, 2.45) is 5.92 Å². The molecular weight excluding hydrogens is 396 g/mol. The van der Waals surface area contributed by atoms with Gasteiger partial charge in [-0.25, -0.2) is 8.42 Å². The average Bonchev–Trinajstić information content (AvgIpc) is 3.35. The Balaban J connectivity index is 1.66. The van der Waals surface area contributed by atoms with Crippen molar-refractivity contribution in [3.8, 4) is 0 Å². The van der Waals surface area contributed by atoms with Crippen molar-refractivity contribution in [3.05, 3.63) is 52.1 Å². The molecule has 1 N–H and O–H groups in total. The van der Waals surface area contributed by atoms with E-state index in [1.165, 1.54) is 0 Å². The molecule has 0 bridgehead atoms. The number of sulfonamides is 1. The number of rotatable bonds is 4. The summed E-state index contributed by atoms with van der Waals surface area (Å²) < 4.78 is 29.3. The highest BCUT2D eigenvalue weighted by Gasteiger charge is 2.32. The summed E-state index contributed by atoms with van der Waals surface area (Å²) >= 11 is 0. The van der Waals surface area contributed by atoms with Gasteiger partial charge in [-0.15, -0.1) is 0 Å². The number of amides is 1. The normalized spacial score (nSPS) is 16.7. The fourth-order valence-electron chi connectivity index (χ4n) is 4.85. The van der Waals surface area contributed by atoms with Crippen molar-refractivity contribution in [2.75, 3.05) is 16.2 Å². The van der Waals surface area contributed by atoms with E-state index in [2.05, 4.69) is 4.72 Å². The van der Waals surface area contributed by atoms with E-state index in [9.17, 15) is 13.2 Å². The van der Waals surface area contributed by atoms with Crippen LogP contribution in [0.3, 0.4) is 0 Å². The minimum absolute atomic E-state index is 0.108. The fourth-order valence-corrected chi connectivity index (χ4v) is 6.52. The van der Waals surface area contributed by atoms with Gasteiger partial charge >= 0.3 is 0 Å². The standard InChI is InChI=1S/C24H30N2O3S/c1-15-13-16(2)18(4)23(17(15)3)30(28,29)25-21-10-9-19-11-12-26(22(19)14-21)24(27)20-7-5-6-8-20/h9-10,13-14,20,25H,5-8,11-12H2,1-4H3. The zero-order valence-electron chi connectivity index (χ0n) is 18.2. The van der Waals surface area contributed by atoms with Gasteiger partial charge in [0, 0.05) is 18.2 Å². The van der Waals surface area contributed by atoms with E-state index >= 15 is 0 Å². The number of carbonyl (C=O) groups excluding carboxylic acids is 1. The lowest BCUT2D eigenvalue weighted by Crippen LogP contribution is -2.33. The first-order valence-electron chi connectivity index (χ1n) is 10.7. The SMILES string of the molecule is Cc1cc(C)c(C)c(S(=O)(=O)Nc2ccc3c(c2)N(C(=O)C2CCCC2)CC3)c1C. The largest absolute Gasteiger partial charge is 0.312 e. The van der Waals surface area contributed by atoms with Crippen LogP contribution in [0.2, 0.25) is 0 Å². The smallest absolute Gasteiger partial charge is 0.262 e. The average molecular weight is 427 g/mol. The fraction of sp³-hybridized carbons (Fsp3) is 0.458. The highest BCUT2D eigenvalue weighted by molar-refractivity contribution is 7.92. The summed E-state index contributed by atoms with van der Waals surface area (Å²) in [5, 5.41) is 0. The molecule has 2 aromatic rings. The molecule has 0 radical (unpaired) electrons. The molecule has 1 saturated carbocycles. The predicted octanol–water partition coefficient (Wildman–Crippen LogP) is 4.80. The second-order valence-electron chi connectivity index (χ2n) is 8.76. The summed E-state index contributed by atoms with van der Waals surface area (Å²) in [6.45, 7) is 8.24. The van der Waals surface area contributed by atoms with Gasteiger partial charge in [0.15, 0.2) is 0 Å². The van der Waals surface area contributed by atoms with Gasteiger partial charge in [-0.3, -0.25) is 9.52 Å². The third-order valence-electron chi connectivity index (χ3n) is 6.77. The first-order chi connectivity index (χ1) is 14.2. The highest BCUT2D eigenvalue weighted by Crippen LogP contribution is 2.36. The van der Waals surface area contributed by atoms with Gasteiger partial charge in [0.05, 0.1) is 10.6 Å². The number of fused-ring (bicyclic) bond motifs is 1. The van der Waals surface area contributed by atoms with Crippen LogP contribution in [0.15, 0.2) is 29.2 Å². The summed E-state index contributed by atoms with van der Waals surface area (Å²) in [6, 6.07) is 7.58. The Morgan fingerprint density at radius 2 is 1.63 bits per heavy atom. The molecule has 0 atom stereocenters. The second kappa shape index (κ2) is 7.73. The predicted molar refractivity (Wildman–Crippen MR) is 121 cm³/mol. The maximum absolute atomic E-state index is 13.3. The van der Waals surface area contributed by atoms with E-state index in [0.717, 1.165) is 65.6 Å². The number of hydrogen-bond acceptors (Lipinski definition) is 3. The van der Waals surface area contributed by atoms with Gasteiger partial charge in [0.1, 0.15) is 0 Å². The van der Waals surface area contributed by atoms with Crippen molar-refractivity contribution >= 4 is 27.3 Å². The summed E-state index contributed by atoms with van der Waals surface area (Å²) in [6.07, 6.45) is 4.97. The van der Waals surface area contributed by atoms with Gasteiger partial charge in [0.25, 0.3) is 10.0 Å². The third-order valence-corrected chi connectivity index (χ3v) is 8.42. The molecule has 0 unspecified atom stereocenters. The van der Waals surface area contributed by atoms with E-state index in [0.29, 0.717) is 17.1 Å². The minimum atomic E-state index is -3.74. The van der Waals surface area contributed by atoms with Crippen LogP contribution in [0.5, 0.6) is 0 Å². The number of nitrogens with one attached hydrogen (secondary N) is 1. The molecule has 1 aliphatic heterocycles. The molecule has 1 fully saturated rings. The van der Waals surface area contributed by atoms with Crippen LogP contribution < -0.4 is 9.62 Å². The Hall–Kier alpha value is -2.34. The number of benzene rings is 2. The lowest BCUT2D eigenvalue weighted by atomic mass is 10.0. The molecule has 1 amide bonds. The highest BCUT2D eigenvalue weighted by atomic mass is 32.2. The summed E-state index contributed by atoms with van der Waals surface area (Å²) in [5.41, 5.74) is 5.90. The molecule has 1 aliphatic carbocycles. The van der Waals surface area contributed by atoms with Crippen molar-refractivity contribution in [1.29, 1.82) is 0 Å². The van der Waals surface area contributed by atoms with E-state index in [1.807, 2.05) is 50.8 Å². The van der Waals surface area contributed by atoms with Crippen LogP contribution >= 0.6 is 0 Å². The molecule has 6 heteroatoms. The molecule has 2 aliphatic rings. The van der Waals surface area contributed by atoms with Gasteiger partial charge in [-0.2, -0.15) is 0 Å². The molecule has 160 valence electrons. The Kier molecular flexibility index (Phi) is 5.39. The lowest BCUT2D eigenvalue weighted by molar-refractivity contribution is -0.122. The quantitative estimate of drug-likeness (QED) is 0.764. The molecule has 1 heterocycles. The van der Waals surface area contributed by atoms with Gasteiger partial charge in [-0.1, -0.05) is 25.0 Å². The van der Waals surface area contributed by atoms with Crippen molar-refractivity contribution < 1.29 is 13.2 Å². The summed E-state index contributed by atoms with van der Waals surface area (Å²) in [5.74, 6) is 0.295. The van der Waals surface area contributed by atoms with Crippen molar-refractivity contribution in [2.45, 2.75) is 64.7 Å². The number of anilines is 2. The maximum Gasteiger partial charge on any atom is 0.262 e. The zero-order chi connectivity index (χ0) is 21.6. The van der Waals surface area contributed by atoms with E-state index < -0.39 is 10.0 Å². The van der Waals surface area contributed by atoms with Crippen LogP contribution in [0.4, 0.5) is 11.4 Å². The molecule has 2 aromatic carbocycles. The van der Waals surface area contributed by atoms with E-state index in [-0.39, 0.29) is 11.8 Å². The summed E-state index contributed by atoms with van der Waals surface area (Å²) in [4.78, 5) is 15.2. The Morgan fingerprint density at radius 1 is 1.00 bits per heavy atom. The molecule has 5 nitrogen and oxygen atoms in total. The first-order valence-corrected chi connectivity index (χ1v) is 12.2. The van der Waals surface area contributed by atoms with Gasteiger partial charge in [0.2, 0.25) is 5.91 Å². The van der Waals surface area contributed by atoms with Crippen molar-refractivity contribution in [1.82, 2.24) is 0 Å². The van der Waals surface area contributed by atoms with Crippen LogP contribution in [0.1, 0.15) is 53.5 Å². The zero-order valence-corrected chi connectivity index (χ0v) is 19.0. The number of carbonyl (C=O) groups is 1. The van der Waals surface area contributed by atoms with Crippen LogP contribution in [-0.2, 0) is 21.2 Å². The Morgan fingerprint density at radius 3 is 2.27 bits per heavy atom. The molecule has 0 aromatic heterocycles. The minimum Gasteiger partial charge on any atom is -0.312 e. The van der Waals surface area contributed by atoms with Crippen molar-refractivity contribution in [3.63, 3.8) is 0 Å². The lowest BCUT2D eigenvalue weighted by Gasteiger charge is -2.22. The topological polar surface area (TPSA) is 66.5 Å². The third kappa shape index (κ3) is 3.62. The molecular formula is C24H30N2O3S. The van der Waals surface area contributed by atoms with E-state index in [4.69, 9.17) is 0 Å². The second-order valence-corrected chi connectivity index (χ2v) is 10.4. The van der Waals surface area contributed by atoms with Crippen LogP contribution in [0, 0.1) is 33.6 Å². The number of nitrogens with zero attached hydrogens (tertiary/aromatic N) is 1. The molecule has 0 saturated heterocycles.